The van der Waals surface area contributed by atoms with Gasteiger partial charge in [-0.2, -0.15) is 0 Å². The Hall–Kier alpha value is -1.06. The Morgan fingerprint density at radius 1 is 1.40 bits per heavy atom. The van der Waals surface area contributed by atoms with E-state index in [9.17, 15) is 5.11 Å². The van der Waals surface area contributed by atoms with Crippen molar-refractivity contribution in [1.82, 2.24) is 0 Å². The van der Waals surface area contributed by atoms with Crippen LogP contribution in [0.3, 0.4) is 0 Å². The summed E-state index contributed by atoms with van der Waals surface area (Å²) in [6.45, 7) is 4.91. The Morgan fingerprint density at radius 3 is 2.60 bits per heavy atom. The number of aliphatic hydroxyl groups excluding tert-OH is 1. The lowest BCUT2D eigenvalue weighted by molar-refractivity contribution is 0.205. The van der Waals surface area contributed by atoms with Gasteiger partial charge in [0.25, 0.3) is 0 Å². The minimum atomic E-state index is -0.425. The van der Waals surface area contributed by atoms with Crippen molar-refractivity contribution in [3.8, 4) is 5.75 Å². The third-order valence-corrected chi connectivity index (χ3v) is 2.64. The predicted molar refractivity (Wildman–Crippen MR) is 61.1 cm³/mol. The van der Waals surface area contributed by atoms with E-state index in [1.807, 2.05) is 38.1 Å². The molecule has 84 valence electrons. The van der Waals surface area contributed by atoms with Gasteiger partial charge in [0.1, 0.15) is 5.75 Å². The highest BCUT2D eigenvalue weighted by Crippen LogP contribution is 2.30. The molecule has 1 aromatic carbocycles. The van der Waals surface area contributed by atoms with Crippen molar-refractivity contribution in [2.75, 3.05) is 19.8 Å². The average molecular weight is 209 g/mol. The molecule has 0 bridgehead atoms. The number of hydrogen-bond acceptors (Lipinski definition) is 3. The van der Waals surface area contributed by atoms with Gasteiger partial charge < -0.3 is 15.6 Å². The first kappa shape index (κ1) is 12.0. The number of rotatable bonds is 5. The summed E-state index contributed by atoms with van der Waals surface area (Å²) in [5, 5.41) is 9.40. The summed E-state index contributed by atoms with van der Waals surface area (Å²) in [5.41, 5.74) is 6.24. The van der Waals surface area contributed by atoms with Crippen molar-refractivity contribution in [2.45, 2.75) is 19.3 Å². The maximum Gasteiger partial charge on any atom is 0.123 e. The monoisotopic (exact) mass is 209 g/mol. The van der Waals surface area contributed by atoms with E-state index in [1.54, 1.807) is 0 Å². The molecule has 3 heteroatoms. The SMILES string of the molecule is CCOc1ccccc1C(C)(CN)CO. The number of aliphatic hydroxyl groups is 1. The molecule has 0 heterocycles. The van der Waals surface area contributed by atoms with Gasteiger partial charge in [-0.1, -0.05) is 25.1 Å². The molecule has 1 unspecified atom stereocenters. The average Bonchev–Trinajstić information content (AvgIpc) is 2.29. The zero-order valence-electron chi connectivity index (χ0n) is 9.36. The lowest BCUT2D eigenvalue weighted by atomic mass is 9.83. The van der Waals surface area contributed by atoms with E-state index in [1.165, 1.54) is 0 Å². The molecule has 0 fully saturated rings. The van der Waals surface area contributed by atoms with E-state index in [2.05, 4.69) is 0 Å². The Bertz CT molecular complexity index is 308. The van der Waals surface area contributed by atoms with Crippen LogP contribution in [0.1, 0.15) is 19.4 Å². The zero-order chi connectivity index (χ0) is 11.3. The fourth-order valence-corrected chi connectivity index (χ4v) is 1.51. The van der Waals surface area contributed by atoms with Crippen LogP contribution in [0.15, 0.2) is 24.3 Å². The molecule has 0 aliphatic carbocycles. The number of hydrogen-bond donors (Lipinski definition) is 2. The molecule has 0 radical (unpaired) electrons. The summed E-state index contributed by atoms with van der Waals surface area (Å²) in [5.74, 6) is 0.807. The van der Waals surface area contributed by atoms with Crippen LogP contribution in [0.2, 0.25) is 0 Å². The van der Waals surface area contributed by atoms with Crippen molar-refractivity contribution < 1.29 is 9.84 Å². The lowest BCUT2D eigenvalue weighted by Gasteiger charge is -2.27. The summed E-state index contributed by atoms with van der Waals surface area (Å²) < 4.78 is 5.52. The maximum absolute atomic E-state index is 9.40. The molecule has 3 nitrogen and oxygen atoms in total. The Balaban J connectivity index is 3.10. The molecular formula is C12H19NO2. The molecule has 1 aromatic rings. The van der Waals surface area contributed by atoms with Crippen LogP contribution in [0.4, 0.5) is 0 Å². The van der Waals surface area contributed by atoms with Crippen molar-refractivity contribution in [2.24, 2.45) is 5.73 Å². The van der Waals surface area contributed by atoms with Crippen LogP contribution in [0.25, 0.3) is 0 Å². The molecule has 1 rings (SSSR count). The number of nitrogens with two attached hydrogens (primary N) is 1. The quantitative estimate of drug-likeness (QED) is 0.768. The zero-order valence-corrected chi connectivity index (χ0v) is 9.36. The first-order chi connectivity index (χ1) is 7.18. The van der Waals surface area contributed by atoms with Crippen LogP contribution in [0, 0.1) is 0 Å². The van der Waals surface area contributed by atoms with Crippen molar-refractivity contribution in [3.63, 3.8) is 0 Å². The van der Waals surface area contributed by atoms with Gasteiger partial charge >= 0.3 is 0 Å². The molecule has 15 heavy (non-hydrogen) atoms. The molecule has 0 amide bonds. The molecule has 0 aliphatic heterocycles. The van der Waals surface area contributed by atoms with Gasteiger partial charge in [-0.05, 0) is 13.0 Å². The van der Waals surface area contributed by atoms with Gasteiger partial charge in [0.15, 0.2) is 0 Å². The summed E-state index contributed by atoms with van der Waals surface area (Å²) in [6.07, 6.45) is 0. The summed E-state index contributed by atoms with van der Waals surface area (Å²) in [4.78, 5) is 0. The molecule has 0 spiro atoms. The second kappa shape index (κ2) is 5.14. The van der Waals surface area contributed by atoms with Gasteiger partial charge in [0.05, 0.1) is 13.2 Å². The van der Waals surface area contributed by atoms with E-state index in [-0.39, 0.29) is 6.61 Å². The third-order valence-electron chi connectivity index (χ3n) is 2.64. The predicted octanol–water partition coefficient (Wildman–Crippen LogP) is 1.29. The van der Waals surface area contributed by atoms with E-state index in [0.717, 1.165) is 11.3 Å². The molecule has 0 aromatic heterocycles. The molecule has 1 atom stereocenters. The summed E-state index contributed by atoms with van der Waals surface area (Å²) >= 11 is 0. The third kappa shape index (κ3) is 2.49. The number of para-hydroxylation sites is 1. The van der Waals surface area contributed by atoms with Crippen molar-refractivity contribution in [3.05, 3.63) is 29.8 Å². The van der Waals surface area contributed by atoms with Crippen LogP contribution in [-0.4, -0.2) is 24.9 Å². The smallest absolute Gasteiger partial charge is 0.123 e. The minimum Gasteiger partial charge on any atom is -0.494 e. The largest absolute Gasteiger partial charge is 0.494 e. The Labute approximate surface area is 90.9 Å². The van der Waals surface area contributed by atoms with Crippen LogP contribution < -0.4 is 10.5 Å². The first-order valence-corrected chi connectivity index (χ1v) is 5.21. The van der Waals surface area contributed by atoms with Gasteiger partial charge in [0.2, 0.25) is 0 Å². The number of benzene rings is 1. The van der Waals surface area contributed by atoms with Crippen molar-refractivity contribution in [1.29, 1.82) is 0 Å². The molecule has 3 N–H and O–H groups in total. The van der Waals surface area contributed by atoms with Gasteiger partial charge in [-0.3, -0.25) is 0 Å². The van der Waals surface area contributed by atoms with E-state index < -0.39 is 5.41 Å². The second-order valence-corrected chi connectivity index (χ2v) is 3.85. The Kier molecular flexibility index (Phi) is 4.12. The van der Waals surface area contributed by atoms with Gasteiger partial charge in [-0.25, -0.2) is 0 Å². The fraction of sp³-hybridized carbons (Fsp3) is 0.500. The van der Waals surface area contributed by atoms with Gasteiger partial charge in [-0.15, -0.1) is 0 Å². The standard InChI is InChI=1S/C12H19NO2/c1-3-15-11-7-5-4-6-10(11)12(2,8-13)9-14/h4-7,14H,3,8-9,13H2,1-2H3. The van der Waals surface area contributed by atoms with Crippen LogP contribution in [-0.2, 0) is 5.41 Å². The van der Waals surface area contributed by atoms with Crippen molar-refractivity contribution >= 4 is 0 Å². The highest BCUT2D eigenvalue weighted by Gasteiger charge is 2.27. The fourth-order valence-electron chi connectivity index (χ4n) is 1.51. The number of ether oxygens (including phenoxy) is 1. The highest BCUT2D eigenvalue weighted by molar-refractivity contribution is 5.39. The highest BCUT2D eigenvalue weighted by atomic mass is 16.5. The second-order valence-electron chi connectivity index (χ2n) is 3.85. The molecular weight excluding hydrogens is 190 g/mol. The van der Waals surface area contributed by atoms with Crippen LogP contribution >= 0.6 is 0 Å². The normalized spacial score (nSPS) is 14.7. The summed E-state index contributed by atoms with van der Waals surface area (Å²) in [7, 11) is 0. The van der Waals surface area contributed by atoms with E-state index >= 15 is 0 Å². The lowest BCUT2D eigenvalue weighted by Crippen LogP contribution is -2.36. The van der Waals surface area contributed by atoms with E-state index in [0.29, 0.717) is 13.2 Å². The Morgan fingerprint density at radius 2 is 2.07 bits per heavy atom. The first-order valence-electron chi connectivity index (χ1n) is 5.21. The van der Waals surface area contributed by atoms with Crippen LogP contribution in [0.5, 0.6) is 5.75 Å². The molecule has 0 aliphatic rings. The van der Waals surface area contributed by atoms with Gasteiger partial charge in [0, 0.05) is 17.5 Å². The maximum atomic E-state index is 9.40. The minimum absolute atomic E-state index is 0.0214. The summed E-state index contributed by atoms with van der Waals surface area (Å²) in [6, 6.07) is 7.71. The molecule has 0 saturated carbocycles. The molecule has 0 saturated heterocycles. The van der Waals surface area contributed by atoms with E-state index in [4.69, 9.17) is 10.5 Å². The topological polar surface area (TPSA) is 55.5 Å².